The molecule has 10 heteroatoms. The fourth-order valence-electron chi connectivity index (χ4n) is 7.33. The molecular formula is C51H99N2O7P. The Kier molecular flexibility index (Phi) is 41.4. The Morgan fingerprint density at radius 3 is 1.44 bits per heavy atom. The minimum Gasteiger partial charge on any atom is -0.756 e. The predicted octanol–water partition coefficient (Wildman–Crippen LogP) is 14.0. The Morgan fingerprint density at radius 2 is 0.967 bits per heavy atom. The van der Waals surface area contributed by atoms with Gasteiger partial charge in [-0.25, -0.2) is 0 Å². The largest absolute Gasteiger partial charge is 0.756 e. The Hall–Kier alpha value is -1.51. The standard InChI is InChI=1S/C51H99N2O7P/c1-7-10-13-16-19-22-25-26-29-31-34-37-40-43-50(54)52-48(47-59-61(56,57)58-46-45-53(4,5)6)49(42-39-36-33-30-27-23-20-17-14-11-8-2)60-51(55)44-41-38-35-32-28-24-21-18-15-12-9-3/h18,21,39,42,48-49H,7-17,19-20,22-38,40-41,43-47H2,1-6H3,(H-,52,54,56,57)/b21-18-,42-39+. The van der Waals surface area contributed by atoms with Crippen LogP contribution in [-0.4, -0.2) is 69.4 Å². The summed E-state index contributed by atoms with van der Waals surface area (Å²) in [5.74, 6) is -0.547. The van der Waals surface area contributed by atoms with Crippen LogP contribution in [0.3, 0.4) is 0 Å². The van der Waals surface area contributed by atoms with Gasteiger partial charge < -0.3 is 28.5 Å². The van der Waals surface area contributed by atoms with Crippen molar-refractivity contribution in [3.8, 4) is 0 Å². The average Bonchev–Trinajstić information content (AvgIpc) is 3.21. The summed E-state index contributed by atoms with van der Waals surface area (Å²) < 4.78 is 30.1. The number of ether oxygens (including phenoxy) is 1. The molecule has 0 aliphatic rings. The van der Waals surface area contributed by atoms with Crippen LogP contribution in [-0.2, 0) is 27.9 Å². The van der Waals surface area contributed by atoms with Crippen molar-refractivity contribution in [3.63, 3.8) is 0 Å². The molecule has 0 bridgehead atoms. The van der Waals surface area contributed by atoms with Gasteiger partial charge >= 0.3 is 5.97 Å². The van der Waals surface area contributed by atoms with Gasteiger partial charge in [-0.05, 0) is 51.0 Å². The summed E-state index contributed by atoms with van der Waals surface area (Å²) >= 11 is 0. The van der Waals surface area contributed by atoms with Crippen LogP contribution < -0.4 is 10.2 Å². The van der Waals surface area contributed by atoms with Crippen LogP contribution in [0.15, 0.2) is 24.3 Å². The van der Waals surface area contributed by atoms with E-state index >= 15 is 0 Å². The molecule has 0 aromatic rings. The summed E-state index contributed by atoms with van der Waals surface area (Å²) in [4.78, 5) is 39.6. The van der Waals surface area contributed by atoms with E-state index in [4.69, 9.17) is 13.8 Å². The monoisotopic (exact) mass is 883 g/mol. The molecule has 0 fully saturated rings. The molecule has 3 atom stereocenters. The second-order valence-corrected chi connectivity index (χ2v) is 20.1. The lowest BCUT2D eigenvalue weighted by Gasteiger charge is -2.30. The van der Waals surface area contributed by atoms with Crippen molar-refractivity contribution in [1.82, 2.24) is 5.32 Å². The molecule has 0 saturated carbocycles. The number of phosphoric acid groups is 1. The summed E-state index contributed by atoms with van der Waals surface area (Å²) in [6.45, 7) is 6.78. The van der Waals surface area contributed by atoms with E-state index < -0.39 is 20.0 Å². The number of likely N-dealkylation sites (N-methyl/N-ethyl adjacent to an activating group) is 1. The Morgan fingerprint density at radius 1 is 0.557 bits per heavy atom. The topological polar surface area (TPSA) is 114 Å². The third kappa shape index (κ3) is 43.5. The summed E-state index contributed by atoms with van der Waals surface area (Å²) in [6, 6.07) is -0.882. The fraction of sp³-hybridized carbons (Fsp3) is 0.882. The van der Waals surface area contributed by atoms with Crippen LogP contribution in [0.5, 0.6) is 0 Å². The number of carbonyl (C=O) groups excluding carboxylic acids is 2. The second-order valence-electron chi connectivity index (χ2n) is 18.7. The normalized spacial score (nSPS) is 14.1. The van der Waals surface area contributed by atoms with Crippen molar-refractivity contribution < 1.29 is 37.3 Å². The van der Waals surface area contributed by atoms with Gasteiger partial charge in [0.2, 0.25) is 5.91 Å². The number of hydrogen-bond donors (Lipinski definition) is 1. The van der Waals surface area contributed by atoms with E-state index in [0.717, 1.165) is 83.5 Å². The maximum absolute atomic E-state index is 13.4. The molecule has 0 aromatic carbocycles. The first kappa shape index (κ1) is 59.5. The number of quaternary nitrogens is 1. The Labute approximate surface area is 377 Å². The quantitative estimate of drug-likeness (QED) is 0.0213. The second kappa shape index (κ2) is 42.4. The number of amides is 1. The van der Waals surface area contributed by atoms with E-state index in [-0.39, 0.29) is 31.5 Å². The van der Waals surface area contributed by atoms with Gasteiger partial charge in [0.05, 0.1) is 33.8 Å². The minimum absolute atomic E-state index is 0.0208. The molecule has 0 saturated heterocycles. The fourth-order valence-corrected chi connectivity index (χ4v) is 8.05. The van der Waals surface area contributed by atoms with E-state index in [9.17, 15) is 19.0 Å². The van der Waals surface area contributed by atoms with Crippen LogP contribution in [0.1, 0.15) is 239 Å². The summed E-state index contributed by atoms with van der Waals surface area (Å²) in [5, 5.41) is 3.00. The van der Waals surface area contributed by atoms with E-state index in [1.165, 1.54) is 122 Å². The first-order valence-corrected chi connectivity index (χ1v) is 27.1. The molecular weight excluding hydrogens is 784 g/mol. The van der Waals surface area contributed by atoms with Gasteiger partial charge in [-0.3, -0.25) is 14.2 Å². The zero-order valence-corrected chi connectivity index (χ0v) is 41.8. The summed E-state index contributed by atoms with van der Waals surface area (Å²) in [7, 11) is 1.19. The Balaban J connectivity index is 5.42. The molecule has 0 aromatic heterocycles. The van der Waals surface area contributed by atoms with Crippen molar-refractivity contribution in [3.05, 3.63) is 24.3 Å². The van der Waals surface area contributed by atoms with Gasteiger partial charge in [0.15, 0.2) is 0 Å². The van der Waals surface area contributed by atoms with Crippen molar-refractivity contribution in [2.75, 3.05) is 40.9 Å². The molecule has 61 heavy (non-hydrogen) atoms. The number of carbonyl (C=O) groups is 2. The zero-order chi connectivity index (χ0) is 45.1. The molecule has 0 heterocycles. The van der Waals surface area contributed by atoms with Gasteiger partial charge in [-0.2, -0.15) is 0 Å². The number of allylic oxidation sites excluding steroid dienone is 3. The van der Waals surface area contributed by atoms with Gasteiger partial charge in [-0.1, -0.05) is 200 Å². The molecule has 0 rings (SSSR count). The predicted molar refractivity (Wildman–Crippen MR) is 257 cm³/mol. The molecule has 1 amide bonds. The molecule has 9 nitrogen and oxygen atoms in total. The number of unbranched alkanes of at least 4 members (excludes halogenated alkanes) is 28. The van der Waals surface area contributed by atoms with Crippen molar-refractivity contribution >= 4 is 19.7 Å². The van der Waals surface area contributed by atoms with E-state index in [0.29, 0.717) is 17.4 Å². The third-order valence-corrected chi connectivity index (χ3v) is 12.3. The number of phosphoric ester groups is 1. The van der Waals surface area contributed by atoms with Crippen molar-refractivity contribution in [1.29, 1.82) is 0 Å². The van der Waals surface area contributed by atoms with Crippen LogP contribution in [0.25, 0.3) is 0 Å². The van der Waals surface area contributed by atoms with Crippen LogP contribution in [0, 0.1) is 0 Å². The molecule has 3 unspecified atom stereocenters. The van der Waals surface area contributed by atoms with Crippen LogP contribution in [0.4, 0.5) is 0 Å². The number of esters is 1. The average molecular weight is 883 g/mol. The number of hydrogen-bond acceptors (Lipinski definition) is 7. The zero-order valence-electron chi connectivity index (χ0n) is 40.9. The van der Waals surface area contributed by atoms with Crippen molar-refractivity contribution in [2.45, 2.75) is 251 Å². The van der Waals surface area contributed by atoms with E-state index in [1.54, 1.807) is 0 Å². The molecule has 0 aliphatic carbocycles. The van der Waals surface area contributed by atoms with Gasteiger partial charge in [-0.15, -0.1) is 0 Å². The van der Waals surface area contributed by atoms with Crippen LogP contribution >= 0.6 is 7.82 Å². The van der Waals surface area contributed by atoms with Gasteiger partial charge in [0.1, 0.15) is 19.3 Å². The lowest BCUT2D eigenvalue weighted by atomic mass is 10.0. The SMILES string of the molecule is CCCC/C=C\CCCCCCCC(=O)OC(/C=C/CCCCCCCCCCC)C(COP(=O)([O-])OCC[N+](C)(C)C)NC(=O)CCCCCCCCCCCCCCC. The smallest absolute Gasteiger partial charge is 0.306 e. The Bertz CT molecular complexity index is 1110. The van der Waals surface area contributed by atoms with Gasteiger partial charge in [0.25, 0.3) is 7.82 Å². The highest BCUT2D eigenvalue weighted by Gasteiger charge is 2.27. The lowest BCUT2D eigenvalue weighted by molar-refractivity contribution is -0.870. The third-order valence-electron chi connectivity index (χ3n) is 11.4. The number of nitrogens with zero attached hydrogens (tertiary/aromatic N) is 1. The maximum Gasteiger partial charge on any atom is 0.306 e. The van der Waals surface area contributed by atoms with Crippen molar-refractivity contribution in [2.24, 2.45) is 0 Å². The minimum atomic E-state index is -4.68. The first-order valence-electron chi connectivity index (χ1n) is 25.6. The molecule has 0 spiro atoms. The highest BCUT2D eigenvalue weighted by atomic mass is 31.2. The van der Waals surface area contributed by atoms with Gasteiger partial charge in [0, 0.05) is 12.8 Å². The number of nitrogens with one attached hydrogen (secondary N) is 1. The summed E-state index contributed by atoms with van der Waals surface area (Å²) in [6.07, 6.45) is 45.7. The molecule has 360 valence electrons. The highest BCUT2D eigenvalue weighted by molar-refractivity contribution is 7.45. The summed E-state index contributed by atoms with van der Waals surface area (Å²) in [5.41, 5.74) is 0. The molecule has 0 radical (unpaired) electrons. The first-order chi connectivity index (χ1) is 29.4. The van der Waals surface area contributed by atoms with Crippen LogP contribution in [0.2, 0.25) is 0 Å². The lowest BCUT2D eigenvalue weighted by Crippen LogP contribution is -2.47. The molecule has 0 aliphatic heterocycles. The molecule has 1 N–H and O–H groups in total. The highest BCUT2D eigenvalue weighted by Crippen LogP contribution is 2.38. The van der Waals surface area contributed by atoms with E-state index in [2.05, 4.69) is 38.2 Å². The maximum atomic E-state index is 13.4. The van der Waals surface area contributed by atoms with E-state index in [1.807, 2.05) is 33.3 Å². The number of rotatable bonds is 46.